The van der Waals surface area contributed by atoms with Crippen LogP contribution in [0.2, 0.25) is 0 Å². The first-order valence-corrected chi connectivity index (χ1v) is 11.8. The van der Waals surface area contributed by atoms with Crippen molar-refractivity contribution in [2.24, 2.45) is 0 Å². The molecule has 1 atom stereocenters. The normalized spacial score (nSPS) is 16.6. The summed E-state index contributed by atoms with van der Waals surface area (Å²) in [5, 5.41) is 11.4. The second-order valence-corrected chi connectivity index (χ2v) is 8.34. The van der Waals surface area contributed by atoms with Crippen LogP contribution in [0.4, 0.5) is 0 Å². The summed E-state index contributed by atoms with van der Waals surface area (Å²) in [7, 11) is 4.43. The fraction of sp³-hybridized carbons (Fsp3) is 0.286. The van der Waals surface area contributed by atoms with Crippen LogP contribution in [-0.2, 0) is 16.1 Å². The number of ketones is 1. The number of aliphatic hydroxyl groups is 1. The van der Waals surface area contributed by atoms with E-state index in [-0.39, 0.29) is 17.9 Å². The van der Waals surface area contributed by atoms with Crippen molar-refractivity contribution < 1.29 is 38.1 Å². The van der Waals surface area contributed by atoms with Crippen LogP contribution in [0.25, 0.3) is 5.76 Å². The van der Waals surface area contributed by atoms with Gasteiger partial charge in [0.1, 0.15) is 17.3 Å². The van der Waals surface area contributed by atoms with E-state index in [1.54, 1.807) is 48.5 Å². The first-order valence-electron chi connectivity index (χ1n) is 11.8. The molecule has 0 aliphatic carbocycles. The van der Waals surface area contributed by atoms with Crippen molar-refractivity contribution in [3.63, 3.8) is 0 Å². The summed E-state index contributed by atoms with van der Waals surface area (Å²) in [6.45, 7) is 2.50. The molecule has 0 bridgehead atoms. The van der Waals surface area contributed by atoms with Crippen LogP contribution >= 0.6 is 0 Å². The molecular weight excluding hydrogens is 478 g/mol. The number of rotatable bonds is 10. The van der Waals surface area contributed by atoms with Gasteiger partial charge in [-0.3, -0.25) is 9.59 Å². The number of carbonyl (C=O) groups excluding carboxylic acids is 2. The Morgan fingerprint density at radius 3 is 2.32 bits per heavy atom. The zero-order valence-electron chi connectivity index (χ0n) is 21.1. The third-order valence-electron chi connectivity index (χ3n) is 6.03. The number of ether oxygens (including phenoxy) is 4. The largest absolute Gasteiger partial charge is 0.507 e. The molecule has 2 heterocycles. The number of Topliss-reactive ketones (excluding diaryl/α,β-unsaturated/α-hetero) is 1. The van der Waals surface area contributed by atoms with Crippen LogP contribution in [0.1, 0.15) is 36.3 Å². The summed E-state index contributed by atoms with van der Waals surface area (Å²) in [4.78, 5) is 28.0. The van der Waals surface area contributed by atoms with Crippen LogP contribution in [0.15, 0.2) is 64.8 Å². The fourth-order valence-electron chi connectivity index (χ4n) is 4.33. The van der Waals surface area contributed by atoms with Crippen LogP contribution < -0.4 is 18.9 Å². The number of hydrogen-bond donors (Lipinski definition) is 1. The molecule has 4 rings (SSSR count). The van der Waals surface area contributed by atoms with Crippen LogP contribution in [0.5, 0.6) is 23.0 Å². The number of likely N-dealkylation sites (tertiary alicyclic amines) is 1. The topological polar surface area (TPSA) is 108 Å². The Kier molecular flexibility index (Phi) is 7.71. The number of carbonyl (C=O) groups is 2. The standard InChI is InChI=1S/C28H29NO8/c1-5-11-36-19-9-6-8-17(13-19)25(30)23-24(18-14-21(33-2)27(35-4)22(15-18)34-3)29(28(32)26(23)31)16-20-10-7-12-37-20/h6-10,12-15,24,30H,5,11,16H2,1-4H3/b25-23+. The zero-order chi connectivity index (χ0) is 26.5. The summed E-state index contributed by atoms with van der Waals surface area (Å²) < 4.78 is 27.6. The predicted molar refractivity (Wildman–Crippen MR) is 135 cm³/mol. The van der Waals surface area contributed by atoms with Gasteiger partial charge in [-0.05, 0) is 48.4 Å². The van der Waals surface area contributed by atoms with Gasteiger partial charge >= 0.3 is 0 Å². The summed E-state index contributed by atoms with van der Waals surface area (Å²) in [5.41, 5.74) is 0.765. The van der Waals surface area contributed by atoms with Gasteiger partial charge in [-0.25, -0.2) is 0 Å². The third-order valence-corrected chi connectivity index (χ3v) is 6.03. The molecule has 194 valence electrons. The molecule has 1 N–H and O–H groups in total. The molecule has 0 radical (unpaired) electrons. The first-order chi connectivity index (χ1) is 17.9. The minimum atomic E-state index is -0.959. The van der Waals surface area contributed by atoms with Crippen molar-refractivity contribution in [1.29, 1.82) is 0 Å². The molecule has 3 aromatic rings. The number of benzene rings is 2. The van der Waals surface area contributed by atoms with Gasteiger partial charge in [0.2, 0.25) is 5.75 Å². The van der Waals surface area contributed by atoms with Gasteiger partial charge in [0.25, 0.3) is 11.7 Å². The van der Waals surface area contributed by atoms with E-state index in [0.717, 1.165) is 6.42 Å². The first kappa shape index (κ1) is 25.7. The fourth-order valence-corrected chi connectivity index (χ4v) is 4.33. The second kappa shape index (κ2) is 11.1. The highest BCUT2D eigenvalue weighted by molar-refractivity contribution is 6.46. The highest BCUT2D eigenvalue weighted by Crippen LogP contribution is 2.46. The van der Waals surface area contributed by atoms with Gasteiger partial charge in [-0.1, -0.05) is 19.1 Å². The van der Waals surface area contributed by atoms with E-state index in [1.165, 1.54) is 32.5 Å². The second-order valence-electron chi connectivity index (χ2n) is 8.34. The Morgan fingerprint density at radius 2 is 1.73 bits per heavy atom. The molecule has 2 aromatic carbocycles. The number of hydrogen-bond acceptors (Lipinski definition) is 8. The molecule has 1 aromatic heterocycles. The Hall–Kier alpha value is -4.40. The van der Waals surface area contributed by atoms with Gasteiger partial charge in [0, 0.05) is 5.56 Å². The van der Waals surface area contributed by atoms with Gasteiger partial charge in [0.15, 0.2) is 11.5 Å². The maximum Gasteiger partial charge on any atom is 0.296 e. The Bertz CT molecular complexity index is 1290. The molecule has 37 heavy (non-hydrogen) atoms. The predicted octanol–water partition coefficient (Wildman–Crippen LogP) is 4.72. The minimum absolute atomic E-state index is 0.00926. The maximum absolute atomic E-state index is 13.4. The average Bonchev–Trinajstić information content (AvgIpc) is 3.53. The van der Waals surface area contributed by atoms with Crippen molar-refractivity contribution in [2.45, 2.75) is 25.9 Å². The van der Waals surface area contributed by atoms with Crippen molar-refractivity contribution in [1.82, 2.24) is 4.90 Å². The van der Waals surface area contributed by atoms with Crippen LogP contribution in [0, 0.1) is 0 Å². The van der Waals surface area contributed by atoms with Crippen molar-refractivity contribution in [3.8, 4) is 23.0 Å². The SMILES string of the molecule is CCCOc1cccc(/C(O)=C2\C(=O)C(=O)N(Cc3ccco3)C2c2cc(OC)c(OC)c(OC)c2)c1. The zero-order valence-corrected chi connectivity index (χ0v) is 21.1. The summed E-state index contributed by atoms with van der Waals surface area (Å²) >= 11 is 0. The molecular formula is C28H29NO8. The molecule has 1 saturated heterocycles. The number of aliphatic hydroxyl groups excluding tert-OH is 1. The van der Waals surface area contributed by atoms with Crippen LogP contribution in [-0.4, -0.2) is 49.6 Å². The Morgan fingerprint density at radius 1 is 1.00 bits per heavy atom. The van der Waals surface area contributed by atoms with E-state index in [0.29, 0.717) is 46.5 Å². The van der Waals surface area contributed by atoms with E-state index in [2.05, 4.69) is 0 Å². The molecule has 1 unspecified atom stereocenters. The van der Waals surface area contributed by atoms with E-state index in [9.17, 15) is 14.7 Å². The van der Waals surface area contributed by atoms with Gasteiger partial charge in [0.05, 0.1) is 52.4 Å². The van der Waals surface area contributed by atoms with Crippen molar-refractivity contribution in [3.05, 3.63) is 77.3 Å². The summed E-state index contributed by atoms with van der Waals surface area (Å²) in [5.74, 6) is 0.163. The smallest absolute Gasteiger partial charge is 0.296 e. The molecule has 1 amide bonds. The average molecular weight is 508 g/mol. The van der Waals surface area contributed by atoms with Gasteiger partial charge < -0.3 is 33.4 Å². The summed E-state index contributed by atoms with van der Waals surface area (Å²) in [6, 6.07) is 12.5. The number of furan rings is 1. The molecule has 0 spiro atoms. The Labute approximate surface area is 214 Å². The molecule has 1 fully saturated rings. The highest BCUT2D eigenvalue weighted by Gasteiger charge is 2.47. The quantitative estimate of drug-likeness (QED) is 0.239. The lowest BCUT2D eigenvalue weighted by Crippen LogP contribution is -2.29. The lowest BCUT2D eigenvalue weighted by molar-refractivity contribution is -0.140. The number of amides is 1. The van der Waals surface area contributed by atoms with Gasteiger partial charge in [-0.2, -0.15) is 0 Å². The minimum Gasteiger partial charge on any atom is -0.507 e. The molecule has 1 aliphatic heterocycles. The van der Waals surface area contributed by atoms with E-state index in [1.807, 2.05) is 6.92 Å². The molecule has 1 aliphatic rings. The van der Waals surface area contributed by atoms with E-state index in [4.69, 9.17) is 23.4 Å². The Balaban J connectivity index is 1.91. The van der Waals surface area contributed by atoms with E-state index < -0.39 is 17.7 Å². The maximum atomic E-state index is 13.4. The third kappa shape index (κ3) is 4.97. The lowest BCUT2D eigenvalue weighted by atomic mass is 9.94. The molecule has 0 saturated carbocycles. The van der Waals surface area contributed by atoms with E-state index >= 15 is 0 Å². The van der Waals surface area contributed by atoms with Crippen molar-refractivity contribution in [2.75, 3.05) is 27.9 Å². The lowest BCUT2D eigenvalue weighted by Gasteiger charge is -2.26. The van der Waals surface area contributed by atoms with Gasteiger partial charge in [-0.15, -0.1) is 0 Å². The van der Waals surface area contributed by atoms with Crippen molar-refractivity contribution >= 4 is 17.4 Å². The van der Waals surface area contributed by atoms with Crippen LogP contribution in [0.3, 0.4) is 0 Å². The molecule has 9 heteroatoms. The summed E-state index contributed by atoms with van der Waals surface area (Å²) in [6.07, 6.45) is 2.30. The molecule has 9 nitrogen and oxygen atoms in total. The monoisotopic (exact) mass is 507 g/mol. The highest BCUT2D eigenvalue weighted by atomic mass is 16.5. The number of methoxy groups -OCH3 is 3. The number of nitrogens with zero attached hydrogens (tertiary/aromatic N) is 1.